The summed E-state index contributed by atoms with van der Waals surface area (Å²) in [6, 6.07) is 14.4. The van der Waals surface area contributed by atoms with Gasteiger partial charge < -0.3 is 9.73 Å². The van der Waals surface area contributed by atoms with Crippen molar-refractivity contribution >= 4 is 11.9 Å². The Hall–Kier alpha value is -3.55. The molecular formula is C19H17N5O3. The Morgan fingerprint density at radius 1 is 1.04 bits per heavy atom. The molecule has 136 valence electrons. The molecule has 1 atom stereocenters. The molecule has 0 bridgehead atoms. The number of benzene rings is 1. The Labute approximate surface area is 155 Å². The molecule has 1 unspecified atom stereocenters. The number of amides is 3. The Bertz CT molecular complexity index is 973. The van der Waals surface area contributed by atoms with Crippen molar-refractivity contribution in [1.82, 2.24) is 25.4 Å². The first-order valence-corrected chi connectivity index (χ1v) is 8.47. The molecular weight excluding hydrogens is 346 g/mol. The molecule has 0 aliphatic carbocycles. The molecule has 2 aromatic heterocycles. The van der Waals surface area contributed by atoms with Crippen molar-refractivity contribution in [1.29, 1.82) is 0 Å². The number of pyridine rings is 1. The number of imide groups is 1. The van der Waals surface area contributed by atoms with Crippen LogP contribution in [0.2, 0.25) is 0 Å². The fraction of sp³-hybridized carbons (Fsp3) is 0.211. The predicted octanol–water partition coefficient (Wildman–Crippen LogP) is 2.02. The fourth-order valence-corrected chi connectivity index (χ4v) is 3.00. The van der Waals surface area contributed by atoms with Gasteiger partial charge in [-0.05, 0) is 24.6 Å². The van der Waals surface area contributed by atoms with E-state index in [0.717, 1.165) is 10.5 Å². The molecule has 1 aliphatic rings. The molecule has 0 radical (unpaired) electrons. The summed E-state index contributed by atoms with van der Waals surface area (Å²) in [6.07, 6.45) is 2.07. The van der Waals surface area contributed by atoms with Gasteiger partial charge in [0.05, 0.1) is 12.1 Å². The maximum atomic E-state index is 12.9. The largest absolute Gasteiger partial charge is 0.423 e. The average Bonchev–Trinajstić information content (AvgIpc) is 3.22. The zero-order valence-electron chi connectivity index (χ0n) is 14.6. The zero-order valence-corrected chi connectivity index (χ0v) is 14.6. The molecule has 1 aliphatic heterocycles. The highest BCUT2D eigenvalue weighted by Gasteiger charge is 2.50. The molecule has 1 saturated heterocycles. The lowest BCUT2D eigenvalue weighted by Crippen LogP contribution is -2.41. The number of nitrogens with zero attached hydrogens (tertiary/aromatic N) is 4. The highest BCUT2D eigenvalue weighted by Crippen LogP contribution is 2.28. The van der Waals surface area contributed by atoms with Crippen LogP contribution in [0.25, 0.3) is 0 Å². The summed E-state index contributed by atoms with van der Waals surface area (Å²) in [4.78, 5) is 30.5. The van der Waals surface area contributed by atoms with E-state index < -0.39 is 17.5 Å². The third kappa shape index (κ3) is 3.17. The minimum Gasteiger partial charge on any atom is -0.423 e. The van der Waals surface area contributed by atoms with Crippen molar-refractivity contribution in [2.75, 3.05) is 0 Å². The van der Waals surface area contributed by atoms with Gasteiger partial charge in [0.1, 0.15) is 6.54 Å². The fourth-order valence-electron chi connectivity index (χ4n) is 3.00. The van der Waals surface area contributed by atoms with Crippen molar-refractivity contribution in [3.63, 3.8) is 0 Å². The van der Waals surface area contributed by atoms with E-state index >= 15 is 0 Å². The molecule has 8 nitrogen and oxygen atoms in total. The van der Waals surface area contributed by atoms with Crippen molar-refractivity contribution < 1.29 is 14.0 Å². The van der Waals surface area contributed by atoms with Crippen LogP contribution in [0.15, 0.2) is 59.1 Å². The Morgan fingerprint density at radius 3 is 2.52 bits per heavy atom. The molecule has 0 saturated carbocycles. The van der Waals surface area contributed by atoms with Crippen molar-refractivity contribution in [2.24, 2.45) is 0 Å². The first-order chi connectivity index (χ1) is 13.1. The maximum absolute atomic E-state index is 12.9. The quantitative estimate of drug-likeness (QED) is 0.696. The summed E-state index contributed by atoms with van der Waals surface area (Å²) in [5, 5.41) is 10.7. The van der Waals surface area contributed by atoms with E-state index in [0.29, 0.717) is 18.0 Å². The van der Waals surface area contributed by atoms with E-state index in [2.05, 4.69) is 20.5 Å². The van der Waals surface area contributed by atoms with Gasteiger partial charge in [-0.2, -0.15) is 0 Å². The van der Waals surface area contributed by atoms with Crippen LogP contribution in [0.1, 0.15) is 30.0 Å². The topological polar surface area (TPSA) is 101 Å². The predicted molar refractivity (Wildman–Crippen MR) is 94.2 cm³/mol. The molecule has 1 fully saturated rings. The molecule has 4 rings (SSSR count). The van der Waals surface area contributed by atoms with E-state index in [9.17, 15) is 9.59 Å². The van der Waals surface area contributed by atoms with Crippen LogP contribution >= 0.6 is 0 Å². The standard InChI is InChI=1S/C19H17N5O3/c1-19(14-9-5-6-10-20-14)17(25)24(18(26)21-19)12-16-23-22-15(27-16)11-13-7-3-2-4-8-13/h2-10H,11-12H2,1H3,(H,21,26). The highest BCUT2D eigenvalue weighted by atomic mass is 16.4. The average molecular weight is 363 g/mol. The Morgan fingerprint density at radius 2 is 1.78 bits per heavy atom. The number of rotatable bonds is 5. The third-order valence-corrected chi connectivity index (χ3v) is 4.45. The number of carbonyl (C=O) groups excluding carboxylic acids is 2. The normalized spacial score (nSPS) is 19.4. The number of carbonyl (C=O) groups is 2. The van der Waals surface area contributed by atoms with Crippen molar-refractivity contribution in [3.05, 3.63) is 77.8 Å². The van der Waals surface area contributed by atoms with E-state index in [-0.39, 0.29) is 12.4 Å². The molecule has 3 heterocycles. The van der Waals surface area contributed by atoms with Gasteiger partial charge in [0, 0.05) is 6.20 Å². The number of aromatic nitrogens is 3. The lowest BCUT2D eigenvalue weighted by Gasteiger charge is -2.20. The summed E-state index contributed by atoms with van der Waals surface area (Å²) in [5.41, 5.74) is 0.289. The Kier molecular flexibility index (Phi) is 4.15. The first-order valence-electron chi connectivity index (χ1n) is 8.47. The van der Waals surface area contributed by atoms with E-state index in [4.69, 9.17) is 4.42 Å². The lowest BCUT2D eigenvalue weighted by molar-refractivity contribution is -0.131. The van der Waals surface area contributed by atoms with Crippen LogP contribution in [-0.2, 0) is 23.3 Å². The van der Waals surface area contributed by atoms with Gasteiger partial charge in [-0.3, -0.25) is 14.7 Å². The summed E-state index contributed by atoms with van der Waals surface area (Å²) >= 11 is 0. The molecule has 3 aromatic rings. The molecule has 1 N–H and O–H groups in total. The van der Waals surface area contributed by atoms with Crippen LogP contribution in [0, 0.1) is 0 Å². The van der Waals surface area contributed by atoms with Gasteiger partial charge >= 0.3 is 6.03 Å². The highest BCUT2D eigenvalue weighted by molar-refractivity contribution is 6.06. The smallest absolute Gasteiger partial charge is 0.325 e. The van der Waals surface area contributed by atoms with Crippen LogP contribution in [-0.4, -0.2) is 32.0 Å². The monoisotopic (exact) mass is 363 g/mol. The van der Waals surface area contributed by atoms with Gasteiger partial charge in [-0.15, -0.1) is 10.2 Å². The number of hydrogen-bond donors (Lipinski definition) is 1. The SMILES string of the molecule is CC1(c2ccccn2)NC(=O)N(Cc2nnc(Cc3ccccc3)o2)C1=O. The van der Waals surface area contributed by atoms with Crippen LogP contribution in [0.3, 0.4) is 0 Å². The number of nitrogens with one attached hydrogen (secondary N) is 1. The second-order valence-corrected chi connectivity index (χ2v) is 6.41. The minimum atomic E-state index is -1.22. The number of hydrogen-bond acceptors (Lipinski definition) is 6. The zero-order chi connectivity index (χ0) is 18.9. The Balaban J connectivity index is 1.50. The molecule has 3 amide bonds. The summed E-state index contributed by atoms with van der Waals surface area (Å²) in [5.74, 6) is 0.222. The lowest BCUT2D eigenvalue weighted by atomic mass is 9.97. The van der Waals surface area contributed by atoms with Gasteiger partial charge in [0.25, 0.3) is 5.91 Å². The van der Waals surface area contributed by atoms with Gasteiger partial charge in [-0.25, -0.2) is 4.79 Å². The van der Waals surface area contributed by atoms with Crippen LogP contribution in [0.5, 0.6) is 0 Å². The second kappa shape index (κ2) is 6.64. The van der Waals surface area contributed by atoms with E-state index in [1.54, 1.807) is 31.3 Å². The van der Waals surface area contributed by atoms with Crippen molar-refractivity contribution in [2.45, 2.75) is 25.4 Å². The minimum absolute atomic E-state index is 0.0884. The maximum Gasteiger partial charge on any atom is 0.325 e. The van der Waals surface area contributed by atoms with Crippen LogP contribution < -0.4 is 5.32 Å². The van der Waals surface area contributed by atoms with E-state index in [1.807, 2.05) is 30.3 Å². The summed E-state index contributed by atoms with van der Waals surface area (Å²) < 4.78 is 5.61. The molecule has 1 aromatic carbocycles. The summed E-state index contributed by atoms with van der Waals surface area (Å²) in [6.45, 7) is 1.54. The number of urea groups is 1. The molecule has 0 spiro atoms. The van der Waals surface area contributed by atoms with Gasteiger partial charge in [0.15, 0.2) is 5.54 Å². The first kappa shape index (κ1) is 16.9. The van der Waals surface area contributed by atoms with Crippen molar-refractivity contribution in [3.8, 4) is 0 Å². The summed E-state index contributed by atoms with van der Waals surface area (Å²) in [7, 11) is 0. The van der Waals surface area contributed by atoms with Crippen LogP contribution in [0.4, 0.5) is 4.79 Å². The molecule has 8 heteroatoms. The van der Waals surface area contributed by atoms with Gasteiger partial charge in [-0.1, -0.05) is 36.4 Å². The molecule has 27 heavy (non-hydrogen) atoms. The second-order valence-electron chi connectivity index (χ2n) is 6.41. The third-order valence-electron chi connectivity index (χ3n) is 4.45. The van der Waals surface area contributed by atoms with Gasteiger partial charge in [0.2, 0.25) is 11.8 Å². The van der Waals surface area contributed by atoms with E-state index in [1.165, 1.54) is 0 Å².